The van der Waals surface area contributed by atoms with Crippen LogP contribution in [0.25, 0.3) is 22.1 Å². The number of carbonyl (C=O) groups is 1. The first-order chi connectivity index (χ1) is 12.1. The number of hydrogen-bond donors (Lipinski definition) is 2. The molecule has 1 aliphatic heterocycles. The van der Waals surface area contributed by atoms with Gasteiger partial charge in [-0.15, -0.1) is 0 Å². The number of furan rings is 1. The molecule has 2 N–H and O–H groups in total. The van der Waals surface area contributed by atoms with E-state index in [1.807, 2.05) is 18.2 Å². The Balaban J connectivity index is 1.59. The minimum absolute atomic E-state index is 0.0796. The molecule has 3 heterocycles. The summed E-state index contributed by atoms with van der Waals surface area (Å²) in [6.45, 7) is 0.713. The van der Waals surface area contributed by atoms with Gasteiger partial charge in [-0.2, -0.15) is 0 Å². The number of benzene rings is 1. The van der Waals surface area contributed by atoms with Gasteiger partial charge in [-0.25, -0.2) is 4.98 Å². The highest BCUT2D eigenvalue weighted by Gasteiger charge is 2.25. The van der Waals surface area contributed by atoms with Crippen molar-refractivity contribution in [1.82, 2.24) is 14.9 Å². The molecule has 0 spiro atoms. The van der Waals surface area contributed by atoms with E-state index in [2.05, 4.69) is 10.3 Å². The molecule has 7 nitrogen and oxygen atoms in total. The molecule has 4 rings (SSSR count). The largest absolute Gasteiger partial charge is 0.448 e. The van der Waals surface area contributed by atoms with Gasteiger partial charge in [-0.1, -0.05) is 12.1 Å². The number of aliphatic hydroxyl groups excluding tert-OH is 1. The fourth-order valence-corrected chi connectivity index (χ4v) is 3.37. The Morgan fingerprint density at radius 1 is 1.40 bits per heavy atom. The molecule has 0 unspecified atom stereocenters. The molecule has 0 bridgehead atoms. The van der Waals surface area contributed by atoms with Crippen LogP contribution in [0, 0.1) is 0 Å². The summed E-state index contributed by atoms with van der Waals surface area (Å²) in [4.78, 5) is 29.2. The van der Waals surface area contributed by atoms with Crippen LogP contribution in [0.1, 0.15) is 19.3 Å². The highest BCUT2D eigenvalue weighted by Crippen LogP contribution is 2.24. The SMILES string of the molecule is O=C(C[C@H]1NCCC[C@@H]1O)Cn1cnc2c(oc3ccccc32)c1=O. The fourth-order valence-electron chi connectivity index (χ4n) is 3.37. The minimum Gasteiger partial charge on any atom is -0.448 e. The second kappa shape index (κ2) is 6.42. The molecule has 2 atom stereocenters. The predicted octanol–water partition coefficient (Wildman–Crippen LogP) is 1.21. The van der Waals surface area contributed by atoms with Crippen LogP contribution < -0.4 is 10.9 Å². The number of nitrogens with zero attached hydrogens (tertiary/aromatic N) is 2. The molecule has 1 saturated heterocycles. The quantitative estimate of drug-likeness (QED) is 0.740. The van der Waals surface area contributed by atoms with Crippen LogP contribution in [0.5, 0.6) is 0 Å². The van der Waals surface area contributed by atoms with Crippen molar-refractivity contribution in [1.29, 1.82) is 0 Å². The summed E-state index contributed by atoms with van der Waals surface area (Å²) in [6.07, 6.45) is 2.64. The summed E-state index contributed by atoms with van der Waals surface area (Å²) in [5.41, 5.74) is 0.897. The van der Waals surface area contributed by atoms with Crippen molar-refractivity contribution >= 4 is 27.9 Å². The third-order valence-electron chi connectivity index (χ3n) is 4.69. The molecular weight excluding hydrogens is 322 g/mol. The van der Waals surface area contributed by atoms with Gasteiger partial charge in [0.25, 0.3) is 5.56 Å². The lowest BCUT2D eigenvalue weighted by Crippen LogP contribution is -2.46. The van der Waals surface area contributed by atoms with E-state index in [0.29, 0.717) is 17.5 Å². The first kappa shape index (κ1) is 16.0. The number of fused-ring (bicyclic) bond motifs is 3. The van der Waals surface area contributed by atoms with E-state index in [0.717, 1.165) is 18.4 Å². The van der Waals surface area contributed by atoms with Crippen LogP contribution in [-0.2, 0) is 11.3 Å². The van der Waals surface area contributed by atoms with Crippen LogP contribution in [0.3, 0.4) is 0 Å². The predicted molar refractivity (Wildman–Crippen MR) is 92.4 cm³/mol. The van der Waals surface area contributed by atoms with Crippen LogP contribution in [0.2, 0.25) is 0 Å². The molecule has 7 heteroatoms. The number of hydrogen-bond acceptors (Lipinski definition) is 6. The Labute approximate surface area is 143 Å². The summed E-state index contributed by atoms with van der Waals surface area (Å²) in [7, 11) is 0. The van der Waals surface area contributed by atoms with Crippen molar-refractivity contribution in [3.63, 3.8) is 0 Å². The molecule has 25 heavy (non-hydrogen) atoms. The maximum absolute atomic E-state index is 12.6. The van der Waals surface area contributed by atoms with Crippen LogP contribution in [0.15, 0.2) is 39.8 Å². The molecule has 0 aliphatic carbocycles. The Morgan fingerprint density at radius 3 is 3.08 bits per heavy atom. The molecule has 0 amide bonds. The lowest BCUT2D eigenvalue weighted by Gasteiger charge is -2.28. The van der Waals surface area contributed by atoms with Gasteiger partial charge in [0.05, 0.1) is 19.0 Å². The van der Waals surface area contributed by atoms with E-state index in [9.17, 15) is 14.7 Å². The van der Waals surface area contributed by atoms with Gasteiger partial charge in [-0.05, 0) is 31.5 Å². The minimum atomic E-state index is -0.523. The van der Waals surface area contributed by atoms with Gasteiger partial charge < -0.3 is 14.8 Å². The first-order valence-electron chi connectivity index (χ1n) is 8.43. The Morgan fingerprint density at radius 2 is 2.24 bits per heavy atom. The summed E-state index contributed by atoms with van der Waals surface area (Å²) in [5, 5.41) is 13.9. The summed E-state index contributed by atoms with van der Waals surface area (Å²) in [5.74, 6) is -0.127. The number of aromatic nitrogens is 2. The van der Waals surface area contributed by atoms with E-state index in [-0.39, 0.29) is 35.9 Å². The van der Waals surface area contributed by atoms with Crippen molar-refractivity contribution in [3.8, 4) is 0 Å². The average molecular weight is 341 g/mol. The van der Waals surface area contributed by atoms with E-state index >= 15 is 0 Å². The van der Waals surface area contributed by atoms with Crippen molar-refractivity contribution in [2.45, 2.75) is 38.0 Å². The van der Waals surface area contributed by atoms with E-state index in [4.69, 9.17) is 4.42 Å². The van der Waals surface area contributed by atoms with Crippen LogP contribution >= 0.6 is 0 Å². The van der Waals surface area contributed by atoms with Crippen molar-refractivity contribution in [2.75, 3.05) is 6.54 Å². The molecule has 130 valence electrons. The number of piperidine rings is 1. The van der Waals surface area contributed by atoms with Gasteiger partial charge in [0.15, 0.2) is 5.78 Å². The molecule has 0 radical (unpaired) electrons. The number of ketones is 1. The molecule has 1 aromatic carbocycles. The Kier molecular flexibility index (Phi) is 4.10. The highest BCUT2D eigenvalue weighted by molar-refractivity contribution is 6.01. The van der Waals surface area contributed by atoms with Crippen LogP contribution in [-0.4, -0.2) is 39.1 Å². The normalized spacial score (nSPS) is 21.0. The third kappa shape index (κ3) is 2.96. The average Bonchev–Trinajstić information content (AvgIpc) is 2.99. The zero-order chi connectivity index (χ0) is 17.4. The molecule has 1 aliphatic rings. The number of carbonyl (C=O) groups excluding carboxylic acids is 1. The zero-order valence-corrected chi connectivity index (χ0v) is 13.6. The van der Waals surface area contributed by atoms with Gasteiger partial charge in [-0.3, -0.25) is 14.2 Å². The second-order valence-corrected chi connectivity index (χ2v) is 6.47. The molecule has 3 aromatic rings. The summed E-state index contributed by atoms with van der Waals surface area (Å²) >= 11 is 0. The molecule has 1 fully saturated rings. The molecule has 0 saturated carbocycles. The smallest absolute Gasteiger partial charge is 0.297 e. The maximum Gasteiger partial charge on any atom is 0.297 e. The number of nitrogens with one attached hydrogen (secondary N) is 1. The monoisotopic (exact) mass is 341 g/mol. The van der Waals surface area contributed by atoms with E-state index < -0.39 is 6.10 Å². The van der Waals surface area contributed by atoms with Gasteiger partial charge in [0.1, 0.15) is 11.1 Å². The van der Waals surface area contributed by atoms with E-state index in [1.54, 1.807) is 6.07 Å². The maximum atomic E-state index is 12.6. The standard InChI is InChI=1S/C18H19N3O4/c22-11(8-13-14(23)5-3-7-19-13)9-21-10-20-16-12-4-1-2-6-15(12)25-17(16)18(21)24/h1-2,4,6,10,13-14,19,23H,3,5,7-9H2/t13-,14+/m1/s1. The molecular formula is C18H19N3O4. The van der Waals surface area contributed by atoms with Crippen LogP contribution in [0.4, 0.5) is 0 Å². The van der Waals surface area contributed by atoms with E-state index in [1.165, 1.54) is 10.9 Å². The van der Waals surface area contributed by atoms with Gasteiger partial charge in [0.2, 0.25) is 5.58 Å². The Hall–Kier alpha value is -2.51. The lowest BCUT2D eigenvalue weighted by atomic mass is 9.97. The zero-order valence-electron chi connectivity index (χ0n) is 13.6. The first-order valence-corrected chi connectivity index (χ1v) is 8.43. The number of para-hydroxylation sites is 1. The molecule has 2 aromatic heterocycles. The number of rotatable bonds is 4. The van der Waals surface area contributed by atoms with Crippen molar-refractivity contribution in [2.24, 2.45) is 0 Å². The summed E-state index contributed by atoms with van der Waals surface area (Å²) < 4.78 is 6.88. The summed E-state index contributed by atoms with van der Waals surface area (Å²) in [6, 6.07) is 7.06. The third-order valence-corrected chi connectivity index (χ3v) is 4.69. The second-order valence-electron chi connectivity index (χ2n) is 6.47. The van der Waals surface area contributed by atoms with Gasteiger partial charge in [0, 0.05) is 17.8 Å². The number of aliphatic hydroxyl groups is 1. The topological polar surface area (TPSA) is 97.4 Å². The van der Waals surface area contributed by atoms with Crippen molar-refractivity contribution < 1.29 is 14.3 Å². The van der Waals surface area contributed by atoms with Gasteiger partial charge >= 0.3 is 0 Å². The number of Topliss-reactive ketones (excluding diaryl/α,β-unsaturated/α-hetero) is 1. The van der Waals surface area contributed by atoms with Crippen molar-refractivity contribution in [3.05, 3.63) is 40.9 Å². The Bertz CT molecular complexity index is 991. The lowest BCUT2D eigenvalue weighted by molar-refractivity contribution is -0.121. The highest BCUT2D eigenvalue weighted by atomic mass is 16.3. The fraction of sp³-hybridized carbons (Fsp3) is 0.389.